The van der Waals surface area contributed by atoms with Crippen molar-refractivity contribution < 1.29 is 9.53 Å². The van der Waals surface area contributed by atoms with Gasteiger partial charge in [-0.05, 0) is 61.0 Å². The number of nitrogens with two attached hydrogens (primary N) is 1. The number of nitrogen functional groups attached to an aromatic ring is 1. The van der Waals surface area contributed by atoms with Crippen LogP contribution >= 0.6 is 0 Å². The number of amides is 1. The maximum Gasteiger partial charge on any atom is 0.261 e. The number of benzene rings is 3. The Balaban J connectivity index is 1.61. The van der Waals surface area contributed by atoms with Gasteiger partial charge < -0.3 is 15.8 Å². The summed E-state index contributed by atoms with van der Waals surface area (Å²) < 4.78 is 6.94. The second-order valence-electron chi connectivity index (χ2n) is 7.52. The number of carbonyl (C=O) groups is 1. The Morgan fingerprint density at radius 1 is 1.00 bits per heavy atom. The van der Waals surface area contributed by atoms with Gasteiger partial charge >= 0.3 is 0 Å². The number of ether oxygens (including phenoxy) is 1. The van der Waals surface area contributed by atoms with Crippen molar-refractivity contribution in [2.75, 3.05) is 17.7 Å². The van der Waals surface area contributed by atoms with Gasteiger partial charge in [-0.3, -0.25) is 4.79 Å². The van der Waals surface area contributed by atoms with Crippen LogP contribution in [0.15, 0.2) is 84.0 Å². The Kier molecular flexibility index (Phi) is 5.61. The SMILES string of the molecule is CCOc1ccc(C=Nn2c(N)c(C(=O)Nc3ccccc3)c3nc4ccccc4nc32)cc1. The third kappa shape index (κ3) is 4.04. The lowest BCUT2D eigenvalue weighted by molar-refractivity contribution is 0.102. The highest BCUT2D eigenvalue weighted by Crippen LogP contribution is 2.28. The molecule has 0 unspecified atom stereocenters. The average molecular weight is 451 g/mol. The molecule has 5 aromatic rings. The summed E-state index contributed by atoms with van der Waals surface area (Å²) in [7, 11) is 0. The molecular formula is C26H22N6O2. The summed E-state index contributed by atoms with van der Waals surface area (Å²) in [6.07, 6.45) is 1.65. The van der Waals surface area contributed by atoms with E-state index >= 15 is 0 Å². The lowest BCUT2D eigenvalue weighted by Gasteiger charge is -2.05. The maximum absolute atomic E-state index is 13.2. The van der Waals surface area contributed by atoms with Crippen molar-refractivity contribution in [3.63, 3.8) is 0 Å². The summed E-state index contributed by atoms with van der Waals surface area (Å²) in [5.74, 6) is 0.553. The molecule has 1 amide bonds. The van der Waals surface area contributed by atoms with Crippen LogP contribution in [0.2, 0.25) is 0 Å². The zero-order valence-corrected chi connectivity index (χ0v) is 18.5. The number of nitrogens with one attached hydrogen (secondary N) is 1. The fraction of sp³-hybridized carbons (Fsp3) is 0.0769. The molecule has 0 aliphatic heterocycles. The Labute approximate surface area is 195 Å². The van der Waals surface area contributed by atoms with Gasteiger partial charge in [-0.2, -0.15) is 9.78 Å². The van der Waals surface area contributed by atoms with Gasteiger partial charge in [-0.25, -0.2) is 9.97 Å². The Bertz CT molecular complexity index is 1510. The minimum Gasteiger partial charge on any atom is -0.494 e. The number of rotatable bonds is 6. The highest BCUT2D eigenvalue weighted by atomic mass is 16.5. The molecule has 3 N–H and O–H groups in total. The summed E-state index contributed by atoms with van der Waals surface area (Å²) >= 11 is 0. The normalized spacial score (nSPS) is 11.3. The van der Waals surface area contributed by atoms with E-state index in [-0.39, 0.29) is 17.3 Å². The van der Waals surface area contributed by atoms with Crippen molar-refractivity contribution in [2.24, 2.45) is 5.10 Å². The lowest BCUT2D eigenvalue weighted by atomic mass is 10.2. The molecule has 0 atom stereocenters. The van der Waals surface area contributed by atoms with Gasteiger partial charge in [0.2, 0.25) is 0 Å². The van der Waals surface area contributed by atoms with Crippen LogP contribution < -0.4 is 15.8 Å². The van der Waals surface area contributed by atoms with E-state index in [0.717, 1.165) is 11.3 Å². The minimum absolute atomic E-state index is 0.154. The number of para-hydroxylation sites is 3. The molecule has 8 heteroatoms. The van der Waals surface area contributed by atoms with Crippen molar-refractivity contribution >= 4 is 45.8 Å². The molecule has 8 nitrogen and oxygen atoms in total. The van der Waals surface area contributed by atoms with E-state index < -0.39 is 0 Å². The molecule has 0 aliphatic carbocycles. The number of nitrogens with zero attached hydrogens (tertiary/aromatic N) is 4. The van der Waals surface area contributed by atoms with Crippen LogP contribution in [0.25, 0.3) is 22.2 Å². The molecule has 34 heavy (non-hydrogen) atoms. The summed E-state index contributed by atoms with van der Waals surface area (Å²) in [5.41, 5.74) is 10.3. The van der Waals surface area contributed by atoms with Crippen LogP contribution in [0.5, 0.6) is 5.75 Å². The summed E-state index contributed by atoms with van der Waals surface area (Å²) in [5, 5.41) is 7.42. The van der Waals surface area contributed by atoms with E-state index in [0.29, 0.717) is 34.5 Å². The third-order valence-corrected chi connectivity index (χ3v) is 5.25. The molecule has 2 heterocycles. The van der Waals surface area contributed by atoms with Crippen molar-refractivity contribution in [3.05, 3.63) is 90.0 Å². The van der Waals surface area contributed by atoms with Gasteiger partial charge in [-0.1, -0.05) is 30.3 Å². The number of carbonyl (C=O) groups excluding carboxylic acids is 1. The topological polar surface area (TPSA) is 107 Å². The molecular weight excluding hydrogens is 428 g/mol. The average Bonchev–Trinajstić information content (AvgIpc) is 3.13. The Morgan fingerprint density at radius 2 is 1.68 bits per heavy atom. The Hall–Kier alpha value is -4.72. The van der Waals surface area contributed by atoms with E-state index in [1.807, 2.05) is 73.7 Å². The van der Waals surface area contributed by atoms with Crippen LogP contribution in [0.3, 0.4) is 0 Å². The minimum atomic E-state index is -0.381. The first kappa shape index (κ1) is 21.1. The zero-order chi connectivity index (χ0) is 23.5. The third-order valence-electron chi connectivity index (χ3n) is 5.25. The van der Waals surface area contributed by atoms with Crippen molar-refractivity contribution in [3.8, 4) is 5.75 Å². The van der Waals surface area contributed by atoms with E-state index in [9.17, 15) is 4.79 Å². The largest absolute Gasteiger partial charge is 0.494 e. The molecule has 0 spiro atoms. The van der Waals surface area contributed by atoms with Crippen LogP contribution in [-0.2, 0) is 0 Å². The molecule has 3 aromatic carbocycles. The molecule has 0 bridgehead atoms. The standard InChI is InChI=1S/C26H22N6O2/c1-2-34-19-14-12-17(13-15-19)16-28-32-24(27)22(26(33)29-18-8-4-3-5-9-18)23-25(32)31-21-11-7-6-10-20(21)30-23/h3-16H,2,27H2,1H3,(H,29,33). The first-order valence-corrected chi connectivity index (χ1v) is 10.8. The van der Waals surface area contributed by atoms with Gasteiger partial charge in [0.25, 0.3) is 5.91 Å². The molecule has 0 saturated heterocycles. The summed E-state index contributed by atoms with van der Waals surface area (Å²) in [4.78, 5) is 22.6. The van der Waals surface area contributed by atoms with Gasteiger partial charge in [0.1, 0.15) is 22.6 Å². The van der Waals surface area contributed by atoms with Crippen LogP contribution in [0.4, 0.5) is 11.5 Å². The monoisotopic (exact) mass is 450 g/mol. The number of anilines is 2. The second kappa shape index (κ2) is 9.03. The van der Waals surface area contributed by atoms with Gasteiger partial charge in [0, 0.05) is 5.69 Å². The van der Waals surface area contributed by atoms with Gasteiger partial charge in [0.05, 0.1) is 23.9 Å². The fourth-order valence-electron chi connectivity index (χ4n) is 3.64. The van der Waals surface area contributed by atoms with Crippen LogP contribution in [-0.4, -0.2) is 33.4 Å². The van der Waals surface area contributed by atoms with E-state index in [2.05, 4.69) is 10.4 Å². The summed E-state index contributed by atoms with van der Waals surface area (Å²) in [6.45, 7) is 2.53. The number of aromatic nitrogens is 3. The Morgan fingerprint density at radius 3 is 2.38 bits per heavy atom. The predicted molar refractivity (Wildman–Crippen MR) is 134 cm³/mol. The fourth-order valence-corrected chi connectivity index (χ4v) is 3.64. The van der Waals surface area contributed by atoms with E-state index in [4.69, 9.17) is 20.4 Å². The molecule has 0 fully saturated rings. The van der Waals surface area contributed by atoms with E-state index in [1.165, 1.54) is 4.68 Å². The van der Waals surface area contributed by atoms with Crippen molar-refractivity contribution in [1.82, 2.24) is 14.6 Å². The first-order valence-electron chi connectivity index (χ1n) is 10.8. The van der Waals surface area contributed by atoms with Crippen molar-refractivity contribution in [1.29, 1.82) is 0 Å². The number of hydrogen-bond acceptors (Lipinski definition) is 6. The lowest BCUT2D eigenvalue weighted by Crippen LogP contribution is -2.14. The maximum atomic E-state index is 13.2. The van der Waals surface area contributed by atoms with Gasteiger partial charge in [-0.15, -0.1) is 0 Å². The number of hydrogen-bond donors (Lipinski definition) is 2. The smallest absolute Gasteiger partial charge is 0.261 e. The van der Waals surface area contributed by atoms with E-state index in [1.54, 1.807) is 18.3 Å². The molecule has 0 aliphatic rings. The zero-order valence-electron chi connectivity index (χ0n) is 18.5. The second-order valence-corrected chi connectivity index (χ2v) is 7.52. The van der Waals surface area contributed by atoms with Gasteiger partial charge in [0.15, 0.2) is 5.65 Å². The highest BCUT2D eigenvalue weighted by molar-refractivity contribution is 6.16. The molecule has 168 valence electrons. The van der Waals surface area contributed by atoms with Crippen LogP contribution in [0.1, 0.15) is 22.8 Å². The molecule has 0 radical (unpaired) electrons. The highest BCUT2D eigenvalue weighted by Gasteiger charge is 2.24. The van der Waals surface area contributed by atoms with Crippen LogP contribution in [0, 0.1) is 0 Å². The molecule has 2 aromatic heterocycles. The molecule has 5 rings (SSSR count). The molecule has 0 saturated carbocycles. The predicted octanol–water partition coefficient (Wildman–Crippen LogP) is 4.70. The quantitative estimate of drug-likeness (QED) is 0.365. The first-order chi connectivity index (χ1) is 16.6. The summed E-state index contributed by atoms with van der Waals surface area (Å²) in [6, 6.07) is 24.1. The van der Waals surface area contributed by atoms with Crippen molar-refractivity contribution in [2.45, 2.75) is 6.92 Å². The number of fused-ring (bicyclic) bond motifs is 2.